The third-order valence-electron chi connectivity index (χ3n) is 15.7. The van der Waals surface area contributed by atoms with Crippen LogP contribution in [0, 0.1) is 0 Å². The smallest absolute Gasteiger partial charge is 0.306 e. The minimum absolute atomic E-state index is 0.0721. The highest BCUT2D eigenvalue weighted by Gasteiger charge is 2.19. The molecule has 0 rings (SSSR count). The summed E-state index contributed by atoms with van der Waals surface area (Å²) in [5.41, 5.74) is 0. The first-order valence-corrected chi connectivity index (χ1v) is 35.4. The number of esters is 3. The Hall–Kier alpha value is -3.15. The summed E-state index contributed by atoms with van der Waals surface area (Å²) in [6, 6.07) is 0. The molecule has 0 saturated carbocycles. The van der Waals surface area contributed by atoms with Gasteiger partial charge in [-0.3, -0.25) is 14.4 Å². The van der Waals surface area contributed by atoms with Crippen LogP contribution in [0.1, 0.15) is 367 Å². The molecule has 6 nitrogen and oxygen atoms in total. The summed E-state index contributed by atoms with van der Waals surface area (Å²) in [5, 5.41) is 0. The molecule has 0 aromatic rings. The highest BCUT2D eigenvalue weighted by molar-refractivity contribution is 5.71. The zero-order valence-electron chi connectivity index (χ0n) is 54.1. The van der Waals surface area contributed by atoms with Crippen molar-refractivity contribution in [3.8, 4) is 0 Å². The van der Waals surface area contributed by atoms with E-state index in [9.17, 15) is 14.4 Å². The van der Waals surface area contributed by atoms with Crippen molar-refractivity contribution in [3.05, 3.63) is 72.9 Å². The summed E-state index contributed by atoms with van der Waals surface area (Å²) in [7, 11) is 0. The molecule has 0 aliphatic rings. The van der Waals surface area contributed by atoms with Crippen LogP contribution in [-0.4, -0.2) is 37.2 Å². The lowest BCUT2D eigenvalue weighted by molar-refractivity contribution is -0.167. The van der Waals surface area contributed by atoms with Gasteiger partial charge in [-0.1, -0.05) is 351 Å². The summed E-state index contributed by atoms with van der Waals surface area (Å²) in [4.78, 5) is 38.5. The van der Waals surface area contributed by atoms with Gasteiger partial charge in [-0.05, 0) is 70.6 Å². The maximum absolute atomic E-state index is 13.0. The van der Waals surface area contributed by atoms with Crippen LogP contribution in [0.15, 0.2) is 72.9 Å². The molecule has 0 bridgehead atoms. The summed E-state index contributed by atoms with van der Waals surface area (Å²) in [6.07, 6.45) is 90.6. The van der Waals surface area contributed by atoms with Gasteiger partial charge >= 0.3 is 17.9 Å². The second-order valence-electron chi connectivity index (χ2n) is 23.8. The van der Waals surface area contributed by atoms with E-state index in [4.69, 9.17) is 14.2 Å². The van der Waals surface area contributed by atoms with Crippen molar-refractivity contribution in [2.45, 2.75) is 374 Å². The van der Waals surface area contributed by atoms with E-state index in [0.29, 0.717) is 19.3 Å². The van der Waals surface area contributed by atoms with Crippen molar-refractivity contribution in [2.24, 2.45) is 0 Å². The summed E-state index contributed by atoms with van der Waals surface area (Å²) >= 11 is 0. The topological polar surface area (TPSA) is 78.9 Å². The van der Waals surface area contributed by atoms with Crippen molar-refractivity contribution >= 4 is 17.9 Å². The molecule has 1 unspecified atom stereocenters. The monoisotopic (exact) mass is 1130 g/mol. The van der Waals surface area contributed by atoms with Gasteiger partial charge in [0.25, 0.3) is 0 Å². The molecule has 0 aliphatic heterocycles. The Morgan fingerprint density at radius 2 is 0.481 bits per heavy atom. The van der Waals surface area contributed by atoms with E-state index in [0.717, 1.165) is 103 Å². The zero-order valence-corrected chi connectivity index (χ0v) is 54.1. The van der Waals surface area contributed by atoms with Gasteiger partial charge in [-0.15, -0.1) is 0 Å². The highest BCUT2D eigenvalue weighted by atomic mass is 16.6. The molecule has 1 atom stereocenters. The van der Waals surface area contributed by atoms with Crippen LogP contribution < -0.4 is 0 Å². The average Bonchev–Trinajstić information content (AvgIpc) is 3.47. The Morgan fingerprint density at radius 1 is 0.259 bits per heavy atom. The van der Waals surface area contributed by atoms with Gasteiger partial charge in [0.15, 0.2) is 6.10 Å². The van der Waals surface area contributed by atoms with Crippen LogP contribution in [0.3, 0.4) is 0 Å². The van der Waals surface area contributed by atoms with Crippen LogP contribution in [0.4, 0.5) is 0 Å². The predicted octanol–water partition coefficient (Wildman–Crippen LogP) is 24.4. The quantitative estimate of drug-likeness (QED) is 0.0261. The van der Waals surface area contributed by atoms with E-state index in [1.54, 1.807) is 0 Å². The van der Waals surface area contributed by atoms with Crippen LogP contribution in [-0.2, 0) is 28.6 Å². The molecular weight excluding hydrogens is 997 g/mol. The van der Waals surface area contributed by atoms with E-state index < -0.39 is 6.10 Å². The average molecular weight is 1130 g/mol. The van der Waals surface area contributed by atoms with Crippen LogP contribution in [0.5, 0.6) is 0 Å². The Morgan fingerprint density at radius 3 is 0.753 bits per heavy atom. The maximum Gasteiger partial charge on any atom is 0.306 e. The van der Waals surface area contributed by atoms with Crippen molar-refractivity contribution in [2.75, 3.05) is 13.2 Å². The van der Waals surface area contributed by atoms with Crippen molar-refractivity contribution in [3.63, 3.8) is 0 Å². The molecule has 0 radical (unpaired) electrons. The minimum Gasteiger partial charge on any atom is -0.462 e. The standard InChI is InChI=1S/C75H134O6/c1-4-7-10-13-16-19-22-25-28-30-32-34-35-36-37-38-39-41-42-44-47-50-53-56-59-62-65-68-74(77)80-71-72(70-79-73(76)67-64-61-58-55-52-49-46-27-24-21-18-15-12-9-6-3)81-75(78)69-66-63-60-57-54-51-48-45-43-40-33-31-29-26-23-20-17-14-11-8-5-2/h7,10,16,19,25,28,32,34,36-37,39,41,72H,4-6,8-9,11-15,17-18,20-24,26-27,29-31,33,35,38,40,42-71H2,1-3H3/b10-7-,19-16-,28-25-,34-32-,37-36-,41-39-. The first-order chi connectivity index (χ1) is 40.0. The summed E-state index contributed by atoms with van der Waals surface area (Å²) in [5.74, 6) is -0.855. The summed E-state index contributed by atoms with van der Waals surface area (Å²) in [6.45, 7) is 6.59. The highest BCUT2D eigenvalue weighted by Crippen LogP contribution is 2.18. The number of ether oxygens (including phenoxy) is 3. The number of hydrogen-bond acceptors (Lipinski definition) is 6. The number of carbonyl (C=O) groups excluding carboxylic acids is 3. The molecule has 0 heterocycles. The normalized spacial score (nSPS) is 12.5. The molecule has 6 heteroatoms. The molecule has 0 amide bonds. The van der Waals surface area contributed by atoms with Gasteiger partial charge in [0, 0.05) is 19.3 Å². The van der Waals surface area contributed by atoms with E-state index >= 15 is 0 Å². The molecule has 0 saturated heterocycles. The maximum atomic E-state index is 13.0. The third-order valence-corrected chi connectivity index (χ3v) is 15.7. The van der Waals surface area contributed by atoms with E-state index in [2.05, 4.69) is 93.7 Å². The molecule has 0 N–H and O–H groups in total. The molecule has 81 heavy (non-hydrogen) atoms. The van der Waals surface area contributed by atoms with Crippen molar-refractivity contribution in [1.82, 2.24) is 0 Å². The molecule has 470 valence electrons. The van der Waals surface area contributed by atoms with E-state index in [1.165, 1.54) is 225 Å². The Balaban J connectivity index is 4.31. The van der Waals surface area contributed by atoms with Gasteiger partial charge in [-0.25, -0.2) is 0 Å². The number of allylic oxidation sites excluding steroid dienone is 12. The SMILES string of the molecule is CC/C=C\C/C=C\C/C=C\C/C=C\C/C=C\C/C=C\CCCCCCCCCCC(=O)OCC(COC(=O)CCCCCCCCCCCCCCCCC)OC(=O)CCCCCCCCCCCCCCCCCCCCCCC. The number of carbonyl (C=O) groups is 3. The van der Waals surface area contributed by atoms with Gasteiger partial charge in [-0.2, -0.15) is 0 Å². The molecule has 0 aliphatic carbocycles. The lowest BCUT2D eigenvalue weighted by Crippen LogP contribution is -2.30. The molecule has 0 aromatic carbocycles. The molecular formula is C75H134O6. The zero-order chi connectivity index (χ0) is 58.5. The van der Waals surface area contributed by atoms with Crippen LogP contribution in [0.2, 0.25) is 0 Å². The molecule has 0 spiro atoms. The van der Waals surface area contributed by atoms with E-state index in [1.807, 2.05) is 0 Å². The van der Waals surface area contributed by atoms with E-state index in [-0.39, 0.29) is 31.1 Å². The van der Waals surface area contributed by atoms with Gasteiger partial charge < -0.3 is 14.2 Å². The Labute approximate surface area is 503 Å². The Kier molecular flexibility index (Phi) is 66.6. The van der Waals surface area contributed by atoms with Crippen LogP contribution in [0.25, 0.3) is 0 Å². The number of unbranched alkanes of at least 4 members (excludes halogenated alkanes) is 42. The fraction of sp³-hybridized carbons (Fsp3) is 0.800. The number of hydrogen-bond donors (Lipinski definition) is 0. The molecule has 0 aromatic heterocycles. The van der Waals surface area contributed by atoms with Gasteiger partial charge in [0.2, 0.25) is 0 Å². The first-order valence-electron chi connectivity index (χ1n) is 35.4. The lowest BCUT2D eigenvalue weighted by Gasteiger charge is -2.18. The third kappa shape index (κ3) is 67.5. The largest absolute Gasteiger partial charge is 0.462 e. The second kappa shape index (κ2) is 69.3. The predicted molar refractivity (Wildman–Crippen MR) is 353 cm³/mol. The number of rotatable bonds is 65. The fourth-order valence-corrected chi connectivity index (χ4v) is 10.5. The van der Waals surface area contributed by atoms with Crippen molar-refractivity contribution in [1.29, 1.82) is 0 Å². The lowest BCUT2D eigenvalue weighted by atomic mass is 10.0. The minimum atomic E-state index is -0.777. The van der Waals surface area contributed by atoms with Gasteiger partial charge in [0.05, 0.1) is 0 Å². The van der Waals surface area contributed by atoms with Gasteiger partial charge in [0.1, 0.15) is 13.2 Å². The van der Waals surface area contributed by atoms with Crippen LogP contribution >= 0.6 is 0 Å². The first kappa shape index (κ1) is 77.9. The second-order valence-corrected chi connectivity index (χ2v) is 23.8. The van der Waals surface area contributed by atoms with Crippen molar-refractivity contribution < 1.29 is 28.6 Å². The molecule has 0 fully saturated rings. The Bertz CT molecular complexity index is 1490. The summed E-state index contributed by atoms with van der Waals surface area (Å²) < 4.78 is 17.0. The fourth-order valence-electron chi connectivity index (χ4n) is 10.5.